The number of nitrogens with one attached hydrogen (secondary N) is 1. The number of hydrogen-bond acceptors (Lipinski definition) is 2. The Morgan fingerprint density at radius 3 is 2.88 bits per heavy atom. The number of aryl methyl sites for hydroxylation is 1. The fourth-order valence-corrected chi connectivity index (χ4v) is 1.99. The lowest BCUT2D eigenvalue weighted by Crippen LogP contribution is -2.06. The van der Waals surface area contributed by atoms with Crippen LogP contribution in [0.25, 0.3) is 16.7 Å². The summed E-state index contributed by atoms with van der Waals surface area (Å²) in [4.78, 5) is 18.4. The van der Waals surface area contributed by atoms with E-state index in [4.69, 9.17) is 0 Å². The van der Waals surface area contributed by atoms with Gasteiger partial charge in [0.15, 0.2) is 5.65 Å². The van der Waals surface area contributed by atoms with Crippen LogP contribution < -0.4 is 5.56 Å². The van der Waals surface area contributed by atoms with E-state index in [2.05, 4.69) is 9.97 Å². The highest BCUT2D eigenvalue weighted by Crippen LogP contribution is 2.18. The van der Waals surface area contributed by atoms with Crippen molar-refractivity contribution in [2.45, 2.75) is 6.92 Å². The Labute approximate surface area is 97.6 Å². The molecule has 0 aliphatic carbocycles. The zero-order valence-corrected chi connectivity index (χ0v) is 9.34. The molecule has 3 rings (SSSR count). The maximum Gasteiger partial charge on any atom is 0.260 e. The van der Waals surface area contributed by atoms with Gasteiger partial charge in [-0.2, -0.15) is 0 Å². The SMILES string of the molecule is Cc1ccccc1-n1ccc2c(=O)[nH]cnc21. The number of benzene rings is 1. The Kier molecular flexibility index (Phi) is 2.08. The smallest absolute Gasteiger partial charge is 0.260 e. The number of H-pyrrole nitrogens is 1. The summed E-state index contributed by atoms with van der Waals surface area (Å²) >= 11 is 0. The normalized spacial score (nSPS) is 10.9. The lowest BCUT2D eigenvalue weighted by atomic mass is 10.2. The Morgan fingerprint density at radius 1 is 1.24 bits per heavy atom. The molecule has 0 aliphatic heterocycles. The number of aromatic nitrogens is 3. The third-order valence-electron chi connectivity index (χ3n) is 2.86. The third-order valence-corrected chi connectivity index (χ3v) is 2.86. The van der Waals surface area contributed by atoms with Crippen LogP contribution in [0.3, 0.4) is 0 Å². The molecule has 1 N–H and O–H groups in total. The average Bonchev–Trinajstić information content (AvgIpc) is 2.75. The Hall–Kier alpha value is -2.36. The Bertz CT molecular complexity index is 740. The fourth-order valence-electron chi connectivity index (χ4n) is 1.99. The Morgan fingerprint density at radius 2 is 2.06 bits per heavy atom. The molecule has 0 bridgehead atoms. The van der Waals surface area contributed by atoms with E-state index in [9.17, 15) is 4.79 Å². The van der Waals surface area contributed by atoms with E-state index >= 15 is 0 Å². The molecule has 4 heteroatoms. The highest BCUT2D eigenvalue weighted by atomic mass is 16.1. The van der Waals surface area contributed by atoms with Crippen LogP contribution in [0, 0.1) is 6.92 Å². The van der Waals surface area contributed by atoms with Gasteiger partial charge in [0.1, 0.15) is 0 Å². The molecule has 17 heavy (non-hydrogen) atoms. The largest absolute Gasteiger partial charge is 0.313 e. The van der Waals surface area contributed by atoms with Crippen LogP contribution in [-0.2, 0) is 0 Å². The number of para-hydroxylation sites is 1. The first kappa shape index (κ1) is 9.84. The third kappa shape index (κ3) is 1.45. The molecule has 0 unspecified atom stereocenters. The maximum absolute atomic E-state index is 11.6. The summed E-state index contributed by atoms with van der Waals surface area (Å²) in [5.41, 5.74) is 2.76. The summed E-state index contributed by atoms with van der Waals surface area (Å²) in [7, 11) is 0. The fraction of sp³-hybridized carbons (Fsp3) is 0.0769. The second kappa shape index (κ2) is 3.59. The van der Waals surface area contributed by atoms with E-state index in [-0.39, 0.29) is 5.56 Å². The van der Waals surface area contributed by atoms with E-state index in [0.717, 1.165) is 11.3 Å². The molecule has 3 aromatic rings. The minimum Gasteiger partial charge on any atom is -0.313 e. The second-order valence-electron chi connectivity index (χ2n) is 3.94. The van der Waals surface area contributed by atoms with Gasteiger partial charge in [-0.1, -0.05) is 18.2 Å². The van der Waals surface area contributed by atoms with Gasteiger partial charge in [-0.15, -0.1) is 0 Å². The second-order valence-corrected chi connectivity index (χ2v) is 3.94. The van der Waals surface area contributed by atoms with E-state index in [0.29, 0.717) is 11.0 Å². The minimum absolute atomic E-state index is 0.109. The van der Waals surface area contributed by atoms with Gasteiger partial charge >= 0.3 is 0 Å². The van der Waals surface area contributed by atoms with Crippen molar-refractivity contribution in [1.82, 2.24) is 14.5 Å². The molecule has 0 saturated carbocycles. The van der Waals surface area contributed by atoms with Gasteiger partial charge in [0.25, 0.3) is 5.56 Å². The van der Waals surface area contributed by atoms with Crippen LogP contribution in [0.1, 0.15) is 5.56 Å². The van der Waals surface area contributed by atoms with E-state index in [1.165, 1.54) is 6.33 Å². The van der Waals surface area contributed by atoms with E-state index in [1.807, 2.05) is 42.0 Å². The van der Waals surface area contributed by atoms with Gasteiger partial charge in [0, 0.05) is 11.9 Å². The van der Waals surface area contributed by atoms with Crippen LogP contribution in [0.2, 0.25) is 0 Å². The lowest BCUT2D eigenvalue weighted by molar-refractivity contribution is 1.05. The molecule has 1 aromatic carbocycles. The lowest BCUT2D eigenvalue weighted by Gasteiger charge is -2.07. The summed E-state index contributed by atoms with van der Waals surface area (Å²) in [6.45, 7) is 2.04. The van der Waals surface area contributed by atoms with Gasteiger partial charge in [0.05, 0.1) is 11.7 Å². The number of nitrogens with zero attached hydrogens (tertiary/aromatic N) is 2. The molecule has 0 radical (unpaired) electrons. The van der Waals surface area contributed by atoms with Crippen LogP contribution >= 0.6 is 0 Å². The van der Waals surface area contributed by atoms with Gasteiger partial charge < -0.3 is 9.55 Å². The van der Waals surface area contributed by atoms with Crippen LogP contribution in [0.4, 0.5) is 0 Å². The average molecular weight is 225 g/mol. The molecule has 0 saturated heterocycles. The predicted molar refractivity (Wildman–Crippen MR) is 66.4 cm³/mol. The first-order valence-electron chi connectivity index (χ1n) is 5.38. The topological polar surface area (TPSA) is 50.7 Å². The summed E-state index contributed by atoms with van der Waals surface area (Å²) in [5.74, 6) is 0. The molecular weight excluding hydrogens is 214 g/mol. The van der Waals surface area contributed by atoms with Gasteiger partial charge in [-0.3, -0.25) is 4.79 Å². The van der Waals surface area contributed by atoms with Crippen molar-refractivity contribution in [2.75, 3.05) is 0 Å². The molecule has 4 nitrogen and oxygen atoms in total. The summed E-state index contributed by atoms with van der Waals surface area (Å²) in [6.07, 6.45) is 3.30. The van der Waals surface area contributed by atoms with Crippen molar-refractivity contribution in [2.24, 2.45) is 0 Å². The highest BCUT2D eigenvalue weighted by molar-refractivity contribution is 5.77. The summed E-state index contributed by atoms with van der Waals surface area (Å²) in [6, 6.07) is 9.80. The predicted octanol–water partition coefficient (Wildman–Crippen LogP) is 2.02. The maximum atomic E-state index is 11.6. The highest BCUT2D eigenvalue weighted by Gasteiger charge is 2.07. The zero-order valence-electron chi connectivity index (χ0n) is 9.34. The monoisotopic (exact) mass is 225 g/mol. The molecule has 84 valence electrons. The number of aromatic amines is 1. The van der Waals surface area contributed by atoms with Gasteiger partial charge in [-0.05, 0) is 24.6 Å². The molecule has 2 aromatic heterocycles. The van der Waals surface area contributed by atoms with Crippen LogP contribution in [-0.4, -0.2) is 14.5 Å². The van der Waals surface area contributed by atoms with Crippen molar-refractivity contribution >= 4 is 11.0 Å². The van der Waals surface area contributed by atoms with Crippen molar-refractivity contribution in [3.8, 4) is 5.69 Å². The Balaban J connectivity index is 2.36. The van der Waals surface area contributed by atoms with Gasteiger partial charge in [0.2, 0.25) is 0 Å². The molecule has 0 spiro atoms. The molecule has 0 atom stereocenters. The van der Waals surface area contributed by atoms with Crippen LogP contribution in [0.15, 0.2) is 47.7 Å². The molecular formula is C13H11N3O. The molecule has 0 amide bonds. The van der Waals surface area contributed by atoms with Crippen molar-refractivity contribution in [3.63, 3.8) is 0 Å². The molecule has 2 heterocycles. The zero-order chi connectivity index (χ0) is 11.8. The quantitative estimate of drug-likeness (QED) is 0.688. The minimum atomic E-state index is -0.109. The first-order valence-corrected chi connectivity index (χ1v) is 5.38. The first-order chi connectivity index (χ1) is 8.27. The van der Waals surface area contributed by atoms with Crippen molar-refractivity contribution in [1.29, 1.82) is 0 Å². The molecule has 0 fully saturated rings. The number of hydrogen-bond donors (Lipinski definition) is 1. The molecule has 0 aliphatic rings. The van der Waals surface area contributed by atoms with E-state index in [1.54, 1.807) is 6.07 Å². The van der Waals surface area contributed by atoms with Crippen molar-refractivity contribution < 1.29 is 0 Å². The number of rotatable bonds is 1. The van der Waals surface area contributed by atoms with Crippen LogP contribution in [0.5, 0.6) is 0 Å². The summed E-state index contributed by atoms with van der Waals surface area (Å²) < 4.78 is 1.93. The number of fused-ring (bicyclic) bond motifs is 1. The van der Waals surface area contributed by atoms with Crippen molar-refractivity contribution in [3.05, 3.63) is 58.8 Å². The summed E-state index contributed by atoms with van der Waals surface area (Å²) in [5, 5.41) is 0.607. The van der Waals surface area contributed by atoms with E-state index < -0.39 is 0 Å². The van der Waals surface area contributed by atoms with Gasteiger partial charge in [-0.25, -0.2) is 4.98 Å². The standard InChI is InChI=1S/C13H11N3O/c1-9-4-2-3-5-11(9)16-7-6-10-12(16)14-8-15-13(10)17/h2-8H,1H3,(H,14,15,17).